The number of carbonyl (C=O) groups excluding carboxylic acids is 2. The van der Waals surface area contributed by atoms with Gasteiger partial charge in [0.05, 0.1) is 19.8 Å². The van der Waals surface area contributed by atoms with Crippen LogP contribution in [0.15, 0.2) is 36.4 Å². The van der Waals surface area contributed by atoms with E-state index in [2.05, 4.69) is 0 Å². The van der Waals surface area contributed by atoms with Crippen molar-refractivity contribution in [3.63, 3.8) is 0 Å². The molecule has 5 nitrogen and oxygen atoms in total. The number of methoxy groups -OCH3 is 2. The van der Waals surface area contributed by atoms with E-state index in [1.165, 1.54) is 26.4 Å². The lowest BCUT2D eigenvalue weighted by atomic mass is 10.0. The third kappa shape index (κ3) is 4.38. The van der Waals surface area contributed by atoms with Crippen LogP contribution in [-0.4, -0.2) is 32.1 Å². The number of rotatable bonds is 6. The van der Waals surface area contributed by atoms with E-state index in [4.69, 9.17) is 14.2 Å². The Kier molecular flexibility index (Phi) is 5.80. The van der Waals surface area contributed by atoms with Gasteiger partial charge in [-0.2, -0.15) is 0 Å². The Morgan fingerprint density at radius 1 is 0.840 bits per heavy atom. The van der Waals surface area contributed by atoms with Gasteiger partial charge in [-0.1, -0.05) is 12.1 Å². The summed E-state index contributed by atoms with van der Waals surface area (Å²) in [6.45, 7) is 5.47. The van der Waals surface area contributed by atoms with E-state index in [-0.39, 0.29) is 11.3 Å². The van der Waals surface area contributed by atoms with Crippen molar-refractivity contribution >= 4 is 11.8 Å². The van der Waals surface area contributed by atoms with E-state index in [0.717, 1.165) is 11.1 Å². The second-order valence-electron chi connectivity index (χ2n) is 5.81. The Morgan fingerprint density at radius 2 is 1.44 bits per heavy atom. The first-order valence-electron chi connectivity index (χ1n) is 7.91. The van der Waals surface area contributed by atoms with Crippen molar-refractivity contribution in [2.24, 2.45) is 0 Å². The molecule has 0 aromatic heterocycles. The number of aryl methyl sites for hydroxylation is 2. The van der Waals surface area contributed by atoms with Gasteiger partial charge in [-0.25, -0.2) is 4.79 Å². The molecule has 25 heavy (non-hydrogen) atoms. The number of carbonyl (C=O) groups is 2. The predicted molar refractivity (Wildman–Crippen MR) is 94.7 cm³/mol. The van der Waals surface area contributed by atoms with Gasteiger partial charge in [0, 0.05) is 11.6 Å². The zero-order valence-corrected chi connectivity index (χ0v) is 15.1. The van der Waals surface area contributed by atoms with Gasteiger partial charge in [0.25, 0.3) is 0 Å². The minimum atomic E-state index is -0.896. The summed E-state index contributed by atoms with van der Waals surface area (Å²) in [6, 6.07) is 10.2. The lowest BCUT2D eigenvalue weighted by molar-refractivity contribution is 0.0318. The molecule has 0 N–H and O–H groups in total. The topological polar surface area (TPSA) is 61.8 Å². The fraction of sp³-hybridized carbons (Fsp3) is 0.300. The lowest BCUT2D eigenvalue weighted by Crippen LogP contribution is -2.24. The van der Waals surface area contributed by atoms with Gasteiger partial charge >= 0.3 is 5.97 Å². The maximum Gasteiger partial charge on any atom is 0.339 e. The molecule has 0 unspecified atom stereocenters. The minimum Gasteiger partial charge on any atom is -0.497 e. The zero-order valence-electron chi connectivity index (χ0n) is 15.1. The molecular weight excluding hydrogens is 320 g/mol. The van der Waals surface area contributed by atoms with Crippen LogP contribution in [0.5, 0.6) is 11.5 Å². The predicted octanol–water partition coefficient (Wildman–Crippen LogP) is 3.75. The Bertz CT molecular complexity index is 772. The molecule has 2 rings (SSSR count). The van der Waals surface area contributed by atoms with E-state index >= 15 is 0 Å². The molecule has 0 heterocycles. The molecule has 0 fully saturated rings. The van der Waals surface area contributed by atoms with Crippen molar-refractivity contribution in [2.75, 3.05) is 14.2 Å². The molecule has 5 heteroatoms. The van der Waals surface area contributed by atoms with Crippen LogP contribution in [-0.2, 0) is 4.74 Å². The van der Waals surface area contributed by atoms with Crippen LogP contribution in [0.2, 0.25) is 0 Å². The molecular formula is C20H22O5. The standard InChI is InChI=1S/C20H22O5/c1-12-6-7-15(8-13(12)2)19(21)14(3)25-20(22)16-9-17(23-4)11-18(10-16)24-5/h6-11,14H,1-5H3/t14-/m0/s1. The maximum absolute atomic E-state index is 12.5. The van der Waals surface area contributed by atoms with Crippen LogP contribution in [0.1, 0.15) is 38.8 Å². The molecule has 2 aromatic carbocycles. The zero-order chi connectivity index (χ0) is 18.6. The fourth-order valence-electron chi connectivity index (χ4n) is 2.34. The van der Waals surface area contributed by atoms with Gasteiger partial charge in [0.2, 0.25) is 5.78 Å². The molecule has 0 radical (unpaired) electrons. The average Bonchev–Trinajstić information content (AvgIpc) is 2.62. The van der Waals surface area contributed by atoms with Gasteiger partial charge in [-0.05, 0) is 50.1 Å². The normalized spacial score (nSPS) is 11.6. The molecule has 0 saturated heterocycles. The molecule has 0 aliphatic carbocycles. The largest absolute Gasteiger partial charge is 0.497 e. The summed E-state index contributed by atoms with van der Waals surface area (Å²) in [6.07, 6.45) is -0.896. The van der Waals surface area contributed by atoms with E-state index in [1.54, 1.807) is 25.1 Å². The summed E-state index contributed by atoms with van der Waals surface area (Å²) in [4.78, 5) is 24.9. The number of benzene rings is 2. The molecule has 0 saturated carbocycles. The second-order valence-corrected chi connectivity index (χ2v) is 5.81. The van der Waals surface area contributed by atoms with Crippen molar-refractivity contribution in [1.29, 1.82) is 0 Å². The number of ether oxygens (including phenoxy) is 3. The highest BCUT2D eigenvalue weighted by Crippen LogP contribution is 2.23. The Morgan fingerprint density at radius 3 is 1.96 bits per heavy atom. The summed E-state index contributed by atoms with van der Waals surface area (Å²) < 4.78 is 15.6. The minimum absolute atomic E-state index is 0.244. The van der Waals surface area contributed by atoms with Crippen LogP contribution in [0, 0.1) is 13.8 Å². The third-order valence-corrected chi connectivity index (χ3v) is 4.03. The van der Waals surface area contributed by atoms with E-state index in [9.17, 15) is 9.59 Å². The van der Waals surface area contributed by atoms with Crippen molar-refractivity contribution in [3.8, 4) is 11.5 Å². The maximum atomic E-state index is 12.5. The van der Waals surface area contributed by atoms with E-state index in [0.29, 0.717) is 17.1 Å². The summed E-state index contributed by atoms with van der Waals surface area (Å²) in [7, 11) is 2.99. The van der Waals surface area contributed by atoms with Gasteiger partial charge in [-0.3, -0.25) is 4.79 Å². The Hall–Kier alpha value is -2.82. The first-order chi connectivity index (χ1) is 11.8. The first kappa shape index (κ1) is 18.5. The number of hydrogen-bond donors (Lipinski definition) is 0. The first-order valence-corrected chi connectivity index (χ1v) is 7.91. The van der Waals surface area contributed by atoms with Crippen molar-refractivity contribution in [1.82, 2.24) is 0 Å². The highest BCUT2D eigenvalue weighted by atomic mass is 16.5. The SMILES string of the molecule is COc1cc(OC)cc(C(=O)O[C@@H](C)C(=O)c2ccc(C)c(C)c2)c1. The smallest absolute Gasteiger partial charge is 0.339 e. The van der Waals surface area contributed by atoms with Crippen molar-refractivity contribution in [3.05, 3.63) is 58.7 Å². The van der Waals surface area contributed by atoms with Crippen LogP contribution in [0.3, 0.4) is 0 Å². The van der Waals surface area contributed by atoms with E-state index in [1.807, 2.05) is 19.9 Å². The van der Waals surface area contributed by atoms with Gasteiger partial charge in [0.15, 0.2) is 6.10 Å². The molecule has 0 aliphatic rings. The summed E-state index contributed by atoms with van der Waals surface area (Å²) in [5.74, 6) is 0.0899. The number of Topliss-reactive ketones (excluding diaryl/α,β-unsaturated/α-hetero) is 1. The molecule has 0 spiro atoms. The Balaban J connectivity index is 2.16. The summed E-state index contributed by atoms with van der Waals surface area (Å²) in [5, 5.41) is 0. The van der Waals surface area contributed by atoms with Crippen molar-refractivity contribution in [2.45, 2.75) is 26.9 Å². The third-order valence-electron chi connectivity index (χ3n) is 4.03. The number of esters is 1. The Labute approximate surface area is 147 Å². The van der Waals surface area contributed by atoms with Gasteiger partial charge in [0.1, 0.15) is 11.5 Å². The highest BCUT2D eigenvalue weighted by Gasteiger charge is 2.21. The van der Waals surface area contributed by atoms with Gasteiger partial charge in [-0.15, -0.1) is 0 Å². The second kappa shape index (κ2) is 7.83. The van der Waals surface area contributed by atoms with Crippen molar-refractivity contribution < 1.29 is 23.8 Å². The summed E-state index contributed by atoms with van der Waals surface area (Å²) >= 11 is 0. The number of hydrogen-bond acceptors (Lipinski definition) is 5. The molecule has 0 bridgehead atoms. The summed E-state index contributed by atoms with van der Waals surface area (Å²) in [5.41, 5.74) is 2.90. The lowest BCUT2D eigenvalue weighted by Gasteiger charge is -2.14. The van der Waals surface area contributed by atoms with E-state index < -0.39 is 12.1 Å². The number of ketones is 1. The fourth-order valence-corrected chi connectivity index (χ4v) is 2.34. The van der Waals surface area contributed by atoms with Crippen LogP contribution in [0.4, 0.5) is 0 Å². The average molecular weight is 342 g/mol. The van der Waals surface area contributed by atoms with Gasteiger partial charge < -0.3 is 14.2 Å². The van der Waals surface area contributed by atoms with Crippen LogP contribution < -0.4 is 9.47 Å². The molecule has 2 aromatic rings. The monoisotopic (exact) mass is 342 g/mol. The molecule has 132 valence electrons. The molecule has 0 amide bonds. The molecule has 0 aliphatic heterocycles. The molecule has 1 atom stereocenters. The quantitative estimate of drug-likeness (QED) is 0.591. The highest BCUT2D eigenvalue weighted by molar-refractivity contribution is 6.01. The van der Waals surface area contributed by atoms with Crippen LogP contribution >= 0.6 is 0 Å². The van der Waals surface area contributed by atoms with Crippen LogP contribution in [0.25, 0.3) is 0 Å².